The van der Waals surface area contributed by atoms with Crippen molar-refractivity contribution in [1.82, 2.24) is 4.90 Å². The lowest BCUT2D eigenvalue weighted by Gasteiger charge is -2.13. The molecule has 0 bridgehead atoms. The standard InChI is InChI=1S/C11H17NO.ClH/c1-8-6-11(13)9(2)5-10(8)7-12(3)4;/h5-6,13H,7H2,1-4H3;1H. The van der Waals surface area contributed by atoms with Crippen molar-refractivity contribution < 1.29 is 5.11 Å². The lowest BCUT2D eigenvalue weighted by Crippen LogP contribution is -2.11. The molecule has 2 nitrogen and oxygen atoms in total. The van der Waals surface area contributed by atoms with Gasteiger partial charge in [0.05, 0.1) is 0 Å². The van der Waals surface area contributed by atoms with E-state index in [9.17, 15) is 5.11 Å². The summed E-state index contributed by atoms with van der Waals surface area (Å²) in [4.78, 5) is 2.12. The summed E-state index contributed by atoms with van der Waals surface area (Å²) < 4.78 is 0. The molecule has 1 aromatic rings. The van der Waals surface area contributed by atoms with Gasteiger partial charge in [0, 0.05) is 6.54 Å². The maximum atomic E-state index is 9.45. The maximum absolute atomic E-state index is 9.45. The lowest BCUT2D eigenvalue weighted by atomic mass is 10.0. The highest BCUT2D eigenvalue weighted by molar-refractivity contribution is 5.85. The minimum absolute atomic E-state index is 0. The Hall–Kier alpha value is -0.730. The normalized spacial score (nSPS) is 10.1. The van der Waals surface area contributed by atoms with Crippen molar-refractivity contribution in [3.8, 4) is 5.75 Å². The van der Waals surface area contributed by atoms with Crippen molar-refractivity contribution in [2.24, 2.45) is 0 Å². The molecule has 1 rings (SSSR count). The Morgan fingerprint density at radius 2 is 1.71 bits per heavy atom. The first-order valence-electron chi connectivity index (χ1n) is 4.44. The molecule has 1 aromatic carbocycles. The van der Waals surface area contributed by atoms with Crippen LogP contribution in [-0.2, 0) is 6.54 Å². The number of halogens is 1. The molecule has 0 radical (unpaired) electrons. The zero-order chi connectivity index (χ0) is 10.0. The molecule has 0 saturated heterocycles. The number of hydrogen-bond donors (Lipinski definition) is 1. The molecule has 0 aliphatic rings. The van der Waals surface area contributed by atoms with Crippen LogP contribution in [0.15, 0.2) is 12.1 Å². The van der Waals surface area contributed by atoms with Crippen LogP contribution in [0.3, 0.4) is 0 Å². The van der Waals surface area contributed by atoms with E-state index in [1.54, 1.807) is 0 Å². The Morgan fingerprint density at radius 3 is 2.21 bits per heavy atom. The second kappa shape index (κ2) is 5.23. The van der Waals surface area contributed by atoms with Gasteiger partial charge in [-0.2, -0.15) is 0 Å². The fraction of sp³-hybridized carbons (Fsp3) is 0.455. The lowest BCUT2D eigenvalue weighted by molar-refractivity contribution is 0.400. The monoisotopic (exact) mass is 215 g/mol. The SMILES string of the molecule is Cc1cc(CN(C)C)c(C)cc1O.Cl. The van der Waals surface area contributed by atoms with Crippen molar-refractivity contribution in [3.63, 3.8) is 0 Å². The number of hydrogen-bond acceptors (Lipinski definition) is 2. The molecule has 0 spiro atoms. The molecule has 0 atom stereocenters. The Bertz CT molecular complexity index is 310. The Morgan fingerprint density at radius 1 is 1.14 bits per heavy atom. The summed E-state index contributed by atoms with van der Waals surface area (Å²) in [5.74, 6) is 0.389. The van der Waals surface area contributed by atoms with E-state index in [4.69, 9.17) is 0 Å². The number of benzene rings is 1. The third kappa shape index (κ3) is 3.20. The highest BCUT2D eigenvalue weighted by Crippen LogP contribution is 2.21. The summed E-state index contributed by atoms with van der Waals surface area (Å²) in [6.07, 6.45) is 0. The van der Waals surface area contributed by atoms with Gasteiger partial charge in [0.2, 0.25) is 0 Å². The third-order valence-corrected chi connectivity index (χ3v) is 2.14. The van der Waals surface area contributed by atoms with Crippen molar-refractivity contribution in [3.05, 3.63) is 28.8 Å². The van der Waals surface area contributed by atoms with Crippen molar-refractivity contribution in [2.75, 3.05) is 14.1 Å². The average molecular weight is 216 g/mol. The van der Waals surface area contributed by atoms with Gasteiger partial charge < -0.3 is 10.0 Å². The fourth-order valence-electron chi connectivity index (χ4n) is 1.37. The molecule has 0 heterocycles. The van der Waals surface area contributed by atoms with Gasteiger partial charge >= 0.3 is 0 Å². The van der Waals surface area contributed by atoms with Crippen LogP contribution in [0.4, 0.5) is 0 Å². The molecule has 1 N–H and O–H groups in total. The number of nitrogens with zero attached hydrogens (tertiary/aromatic N) is 1. The second-order valence-electron chi connectivity index (χ2n) is 3.80. The summed E-state index contributed by atoms with van der Waals surface area (Å²) in [5.41, 5.74) is 3.37. The maximum Gasteiger partial charge on any atom is 0.118 e. The highest BCUT2D eigenvalue weighted by atomic mass is 35.5. The van der Waals surface area contributed by atoms with Crippen LogP contribution in [0.2, 0.25) is 0 Å². The molecule has 0 aromatic heterocycles. The largest absolute Gasteiger partial charge is 0.508 e. The summed E-state index contributed by atoms with van der Waals surface area (Å²) in [7, 11) is 4.09. The smallest absolute Gasteiger partial charge is 0.118 e. The Labute approximate surface area is 92.0 Å². The third-order valence-electron chi connectivity index (χ3n) is 2.14. The molecule has 14 heavy (non-hydrogen) atoms. The summed E-state index contributed by atoms with van der Waals surface area (Å²) in [6.45, 7) is 4.87. The number of aryl methyl sites for hydroxylation is 2. The van der Waals surface area contributed by atoms with Crippen molar-refractivity contribution in [2.45, 2.75) is 20.4 Å². The minimum Gasteiger partial charge on any atom is -0.508 e. The first kappa shape index (κ1) is 13.3. The number of phenolic OH excluding ortho intramolecular Hbond substituents is 1. The van der Waals surface area contributed by atoms with E-state index >= 15 is 0 Å². The van der Waals surface area contributed by atoms with Crippen LogP contribution in [0.1, 0.15) is 16.7 Å². The van der Waals surface area contributed by atoms with Crippen molar-refractivity contribution in [1.29, 1.82) is 0 Å². The predicted octanol–water partition coefficient (Wildman–Crippen LogP) is 2.49. The van der Waals surface area contributed by atoms with Crippen LogP contribution in [0.5, 0.6) is 5.75 Å². The van der Waals surface area contributed by atoms with Crippen LogP contribution < -0.4 is 0 Å². The van der Waals surface area contributed by atoms with Gasteiger partial charge in [-0.1, -0.05) is 6.07 Å². The molecule has 0 aliphatic heterocycles. The number of rotatable bonds is 2. The van der Waals surface area contributed by atoms with Gasteiger partial charge in [0.1, 0.15) is 5.75 Å². The molecule has 0 unspecified atom stereocenters. The van der Waals surface area contributed by atoms with Crippen LogP contribution >= 0.6 is 12.4 Å². The molecular formula is C11H18ClNO. The van der Waals surface area contributed by atoms with E-state index < -0.39 is 0 Å². The Kier molecular flexibility index (Phi) is 4.95. The van der Waals surface area contributed by atoms with Crippen LogP contribution in [0.25, 0.3) is 0 Å². The van der Waals surface area contributed by atoms with Crippen LogP contribution in [-0.4, -0.2) is 24.1 Å². The van der Waals surface area contributed by atoms with Gasteiger partial charge in [-0.3, -0.25) is 0 Å². The fourth-order valence-corrected chi connectivity index (χ4v) is 1.37. The Balaban J connectivity index is 0.00000169. The highest BCUT2D eigenvalue weighted by Gasteiger charge is 2.03. The number of phenols is 1. The van der Waals surface area contributed by atoms with Gasteiger partial charge in [0.25, 0.3) is 0 Å². The zero-order valence-electron chi connectivity index (χ0n) is 9.16. The molecule has 0 saturated carbocycles. The van der Waals surface area contributed by atoms with Gasteiger partial charge in [-0.05, 0) is 50.7 Å². The average Bonchev–Trinajstić information content (AvgIpc) is 1.99. The summed E-state index contributed by atoms with van der Waals surface area (Å²) in [6, 6.07) is 3.87. The van der Waals surface area contributed by atoms with E-state index in [0.717, 1.165) is 17.7 Å². The molecule has 3 heteroatoms. The summed E-state index contributed by atoms with van der Waals surface area (Å²) >= 11 is 0. The van der Waals surface area contributed by atoms with E-state index in [0.29, 0.717) is 5.75 Å². The van der Waals surface area contributed by atoms with Gasteiger partial charge in [-0.15, -0.1) is 12.4 Å². The molecule has 0 fully saturated rings. The first-order valence-corrected chi connectivity index (χ1v) is 4.44. The van der Waals surface area contributed by atoms with E-state index in [1.165, 1.54) is 5.56 Å². The minimum atomic E-state index is 0. The van der Waals surface area contributed by atoms with E-state index in [1.807, 2.05) is 40.1 Å². The molecular weight excluding hydrogens is 198 g/mol. The summed E-state index contributed by atoms with van der Waals surface area (Å²) in [5, 5.41) is 9.45. The van der Waals surface area contributed by atoms with Crippen LogP contribution in [0, 0.1) is 13.8 Å². The van der Waals surface area contributed by atoms with E-state index in [-0.39, 0.29) is 12.4 Å². The molecule has 0 amide bonds. The number of aromatic hydroxyl groups is 1. The quantitative estimate of drug-likeness (QED) is 0.820. The first-order chi connectivity index (χ1) is 6.00. The zero-order valence-corrected chi connectivity index (χ0v) is 9.98. The topological polar surface area (TPSA) is 23.5 Å². The predicted molar refractivity (Wildman–Crippen MR) is 62.2 cm³/mol. The molecule has 80 valence electrons. The van der Waals surface area contributed by atoms with Gasteiger partial charge in [0.15, 0.2) is 0 Å². The van der Waals surface area contributed by atoms with Gasteiger partial charge in [-0.25, -0.2) is 0 Å². The van der Waals surface area contributed by atoms with Crippen molar-refractivity contribution >= 4 is 12.4 Å². The molecule has 0 aliphatic carbocycles. The van der Waals surface area contributed by atoms with E-state index in [2.05, 4.69) is 4.90 Å². The second-order valence-corrected chi connectivity index (χ2v) is 3.80.